The molecule has 0 aromatic rings. The number of hydrogen-bond donors (Lipinski definition) is 2. The SMILES string of the molecule is CCCC/C=C1\CCCC1=O.CCCCC(O)C1CCCC1=O.CCCCC=O.CCCCCC1=CCCC1=O.CO.O=C1CCCC1. The van der Waals surface area contributed by atoms with Gasteiger partial charge in [0.25, 0.3) is 0 Å². The van der Waals surface area contributed by atoms with Crippen molar-refractivity contribution in [3.63, 3.8) is 0 Å². The van der Waals surface area contributed by atoms with Gasteiger partial charge in [-0.05, 0) is 88.2 Å². The van der Waals surface area contributed by atoms with Gasteiger partial charge in [0.05, 0.1) is 6.10 Å². The molecular weight excluding hydrogens is 604 g/mol. The third kappa shape index (κ3) is 25.7. The number of rotatable bonds is 14. The van der Waals surface area contributed by atoms with Crippen LogP contribution < -0.4 is 0 Å². The average molecular weight is 677 g/mol. The van der Waals surface area contributed by atoms with E-state index < -0.39 is 0 Å². The molecule has 7 heteroatoms. The maximum atomic E-state index is 11.2. The molecule has 0 heterocycles. The standard InChI is InChI=1S/C10H18O2.2C10H16O.C5H8O.C5H10O.CH4O/c1-2-3-6-9(11)8-5-4-7-10(8)12;2*1-2-3-4-6-9-7-5-8-10(9)11;6-5-3-1-2-4-5;1-2-3-4-5-6;1-2/h8-9,11H,2-7H2,1H3;7H,2-6,8H2,1H3;6H,2-5,7-8H2,1H3;1-4H2;5H,2-4H2,1H3;2H,1H3/b;;9-6+;;;. The zero-order chi connectivity index (χ0) is 36.4. The second-order valence-electron chi connectivity index (χ2n) is 13.0. The summed E-state index contributed by atoms with van der Waals surface area (Å²) in [6.45, 7) is 8.53. The minimum atomic E-state index is -0.361. The van der Waals surface area contributed by atoms with Gasteiger partial charge in [-0.3, -0.25) is 19.2 Å². The average Bonchev–Trinajstić information content (AvgIpc) is 3.93. The van der Waals surface area contributed by atoms with Gasteiger partial charge in [0, 0.05) is 51.6 Å². The summed E-state index contributed by atoms with van der Waals surface area (Å²) >= 11 is 0. The van der Waals surface area contributed by atoms with Crippen LogP contribution in [-0.2, 0) is 24.0 Å². The Morgan fingerprint density at radius 3 is 1.75 bits per heavy atom. The highest BCUT2D eigenvalue weighted by molar-refractivity contribution is 5.97. The van der Waals surface area contributed by atoms with Crippen molar-refractivity contribution in [2.75, 3.05) is 7.11 Å². The summed E-state index contributed by atoms with van der Waals surface area (Å²) in [7, 11) is 1.00. The summed E-state index contributed by atoms with van der Waals surface area (Å²) in [5.74, 6) is 1.48. The highest BCUT2D eigenvalue weighted by atomic mass is 16.3. The van der Waals surface area contributed by atoms with Crippen LogP contribution in [0.3, 0.4) is 0 Å². The smallest absolute Gasteiger partial charge is 0.158 e. The fraction of sp³-hybridized carbons (Fsp3) is 0.780. The highest BCUT2D eigenvalue weighted by Crippen LogP contribution is 2.26. The van der Waals surface area contributed by atoms with Gasteiger partial charge in [-0.2, -0.15) is 0 Å². The molecule has 3 saturated carbocycles. The van der Waals surface area contributed by atoms with E-state index >= 15 is 0 Å². The number of aliphatic hydroxyl groups excluding tert-OH is 2. The van der Waals surface area contributed by atoms with E-state index in [0.29, 0.717) is 23.8 Å². The molecular formula is C41H72O7. The zero-order valence-electron chi connectivity index (χ0n) is 31.5. The Hall–Kier alpha value is -2.25. The first-order valence-electron chi connectivity index (χ1n) is 19.3. The lowest BCUT2D eigenvalue weighted by Crippen LogP contribution is -2.23. The Balaban J connectivity index is 0. The van der Waals surface area contributed by atoms with E-state index in [4.69, 9.17) is 5.11 Å². The van der Waals surface area contributed by atoms with Crippen LogP contribution in [0.25, 0.3) is 0 Å². The van der Waals surface area contributed by atoms with Gasteiger partial charge in [0.2, 0.25) is 0 Å². The molecule has 3 fully saturated rings. The highest BCUT2D eigenvalue weighted by Gasteiger charge is 2.30. The summed E-state index contributed by atoms with van der Waals surface area (Å²) in [5, 5.41) is 16.6. The van der Waals surface area contributed by atoms with Crippen molar-refractivity contribution in [3.8, 4) is 0 Å². The summed E-state index contributed by atoms with van der Waals surface area (Å²) in [6, 6.07) is 0. The molecule has 2 atom stereocenters. The maximum absolute atomic E-state index is 11.2. The van der Waals surface area contributed by atoms with E-state index in [1.54, 1.807) is 0 Å². The number of carbonyl (C=O) groups excluding carboxylic acids is 5. The molecule has 0 radical (unpaired) electrons. The molecule has 2 unspecified atom stereocenters. The molecule has 0 aliphatic heterocycles. The maximum Gasteiger partial charge on any atom is 0.158 e. The number of ketones is 4. The second-order valence-corrected chi connectivity index (χ2v) is 13.0. The molecule has 0 amide bonds. The van der Waals surface area contributed by atoms with Crippen LogP contribution in [0.5, 0.6) is 0 Å². The number of aliphatic hydroxyl groups is 2. The number of carbonyl (C=O) groups is 5. The van der Waals surface area contributed by atoms with Gasteiger partial charge in [-0.25, -0.2) is 0 Å². The van der Waals surface area contributed by atoms with Crippen LogP contribution >= 0.6 is 0 Å². The molecule has 0 bridgehead atoms. The lowest BCUT2D eigenvalue weighted by atomic mass is 9.96. The van der Waals surface area contributed by atoms with Crippen molar-refractivity contribution < 1.29 is 34.2 Å². The topological polar surface area (TPSA) is 126 Å². The third-order valence-corrected chi connectivity index (χ3v) is 8.83. The van der Waals surface area contributed by atoms with E-state index in [9.17, 15) is 29.1 Å². The molecule has 48 heavy (non-hydrogen) atoms. The molecule has 4 aliphatic carbocycles. The van der Waals surface area contributed by atoms with Crippen LogP contribution in [0.15, 0.2) is 23.3 Å². The van der Waals surface area contributed by atoms with E-state index in [1.807, 2.05) is 0 Å². The molecule has 0 aromatic heterocycles. The summed E-state index contributed by atoms with van der Waals surface area (Å²) in [5.41, 5.74) is 2.19. The van der Waals surface area contributed by atoms with Crippen molar-refractivity contribution in [2.24, 2.45) is 5.92 Å². The molecule has 0 saturated heterocycles. The minimum Gasteiger partial charge on any atom is -0.400 e. The van der Waals surface area contributed by atoms with E-state index in [1.165, 1.54) is 32.1 Å². The third-order valence-electron chi connectivity index (χ3n) is 8.83. The minimum absolute atomic E-state index is 0.0310. The van der Waals surface area contributed by atoms with E-state index in [2.05, 4.69) is 39.8 Å². The van der Waals surface area contributed by atoms with Gasteiger partial charge < -0.3 is 15.0 Å². The Kier molecular flexibility index (Phi) is 34.5. The van der Waals surface area contributed by atoms with Gasteiger partial charge in [0.15, 0.2) is 11.6 Å². The van der Waals surface area contributed by atoms with Gasteiger partial charge in [0.1, 0.15) is 17.9 Å². The van der Waals surface area contributed by atoms with Gasteiger partial charge >= 0.3 is 0 Å². The fourth-order valence-electron chi connectivity index (χ4n) is 5.82. The predicted octanol–water partition coefficient (Wildman–Crippen LogP) is 9.73. The van der Waals surface area contributed by atoms with Crippen LogP contribution in [0.2, 0.25) is 0 Å². The molecule has 0 spiro atoms. The summed E-state index contributed by atoms with van der Waals surface area (Å²) < 4.78 is 0. The number of allylic oxidation sites excluding steroid dienone is 4. The number of Topliss-reactive ketones (excluding diaryl/α,β-unsaturated/α-hetero) is 4. The first-order valence-corrected chi connectivity index (χ1v) is 19.3. The quantitative estimate of drug-likeness (QED) is 0.107. The van der Waals surface area contributed by atoms with Gasteiger partial charge in [-0.15, -0.1) is 0 Å². The monoisotopic (exact) mass is 677 g/mol. The van der Waals surface area contributed by atoms with Gasteiger partial charge in [-0.1, -0.05) is 84.8 Å². The van der Waals surface area contributed by atoms with E-state index in [-0.39, 0.29) is 17.8 Å². The lowest BCUT2D eigenvalue weighted by molar-refractivity contribution is -0.124. The molecule has 278 valence electrons. The van der Waals surface area contributed by atoms with Crippen molar-refractivity contribution in [3.05, 3.63) is 23.3 Å². The first-order chi connectivity index (χ1) is 23.2. The van der Waals surface area contributed by atoms with Crippen LogP contribution in [0.1, 0.15) is 188 Å². The molecule has 7 nitrogen and oxygen atoms in total. The normalized spacial score (nSPS) is 19.4. The second kappa shape index (κ2) is 34.6. The Labute approximate surface area is 293 Å². The van der Waals surface area contributed by atoms with Crippen LogP contribution in [0.4, 0.5) is 0 Å². The Morgan fingerprint density at radius 1 is 0.708 bits per heavy atom. The first kappa shape index (κ1) is 47.9. The summed E-state index contributed by atoms with van der Waals surface area (Å²) in [4.78, 5) is 53.2. The van der Waals surface area contributed by atoms with Crippen LogP contribution in [0, 0.1) is 5.92 Å². The number of aldehydes is 1. The summed E-state index contributed by atoms with van der Waals surface area (Å²) in [6.07, 6.45) is 30.1. The number of unbranched alkanes of at least 4 members (excludes halogenated alkanes) is 7. The largest absolute Gasteiger partial charge is 0.400 e. The lowest BCUT2D eigenvalue weighted by Gasteiger charge is -2.15. The number of hydrogen-bond acceptors (Lipinski definition) is 7. The molecule has 4 rings (SSSR count). The molecule has 2 N–H and O–H groups in total. The predicted molar refractivity (Wildman–Crippen MR) is 198 cm³/mol. The van der Waals surface area contributed by atoms with E-state index in [0.717, 1.165) is 147 Å². The van der Waals surface area contributed by atoms with Crippen molar-refractivity contribution >= 4 is 29.4 Å². The molecule has 4 aliphatic rings. The fourth-order valence-corrected chi connectivity index (χ4v) is 5.82. The zero-order valence-corrected chi connectivity index (χ0v) is 31.5. The van der Waals surface area contributed by atoms with Crippen molar-refractivity contribution in [1.29, 1.82) is 0 Å². The molecule has 0 aromatic carbocycles. The van der Waals surface area contributed by atoms with Crippen molar-refractivity contribution in [2.45, 2.75) is 194 Å². The Bertz CT molecular complexity index is 910. The van der Waals surface area contributed by atoms with Crippen LogP contribution in [-0.4, -0.2) is 52.8 Å². The van der Waals surface area contributed by atoms with Crippen molar-refractivity contribution in [1.82, 2.24) is 0 Å². The Morgan fingerprint density at radius 2 is 1.33 bits per heavy atom.